The van der Waals surface area contributed by atoms with Gasteiger partial charge in [-0.1, -0.05) is 54.6 Å². The van der Waals surface area contributed by atoms with Crippen LogP contribution in [-0.2, 0) is 4.74 Å². The molecular weight excluding hydrogens is 312 g/mol. The van der Waals surface area contributed by atoms with Gasteiger partial charge in [-0.3, -0.25) is 4.90 Å². The molecule has 2 aromatic carbocycles. The molecule has 5 heteroatoms. The molecular formula is C20H22N4O. The van der Waals surface area contributed by atoms with Crippen LogP contribution in [0.15, 0.2) is 54.6 Å². The molecule has 0 aliphatic carbocycles. The number of rotatable bonds is 5. The summed E-state index contributed by atoms with van der Waals surface area (Å²) in [5, 5.41) is 14.6. The van der Waals surface area contributed by atoms with Crippen LogP contribution in [0, 0.1) is 0 Å². The van der Waals surface area contributed by atoms with Crippen molar-refractivity contribution in [2.75, 3.05) is 44.7 Å². The van der Waals surface area contributed by atoms with Crippen LogP contribution in [0.25, 0.3) is 22.0 Å². The maximum atomic E-state index is 5.39. The van der Waals surface area contributed by atoms with Crippen molar-refractivity contribution < 1.29 is 4.74 Å². The summed E-state index contributed by atoms with van der Waals surface area (Å²) in [6.45, 7) is 5.49. The molecule has 4 rings (SSSR count). The molecule has 1 aromatic heterocycles. The van der Waals surface area contributed by atoms with Crippen LogP contribution in [-0.4, -0.2) is 54.5 Å². The SMILES string of the molecule is c1ccc(-c2nnc(NCCN3CCOCC3)c3ccccc23)cc1. The molecule has 25 heavy (non-hydrogen) atoms. The highest BCUT2D eigenvalue weighted by Crippen LogP contribution is 2.29. The van der Waals surface area contributed by atoms with Crippen LogP contribution >= 0.6 is 0 Å². The number of aromatic nitrogens is 2. The second kappa shape index (κ2) is 7.59. The van der Waals surface area contributed by atoms with Gasteiger partial charge in [0.25, 0.3) is 0 Å². The molecule has 1 aliphatic heterocycles. The molecule has 0 radical (unpaired) electrons. The van der Waals surface area contributed by atoms with Crippen molar-refractivity contribution in [3.8, 4) is 11.3 Å². The maximum Gasteiger partial charge on any atom is 0.156 e. The molecule has 1 N–H and O–H groups in total. The Labute approximate surface area is 147 Å². The van der Waals surface area contributed by atoms with Gasteiger partial charge in [-0.25, -0.2) is 0 Å². The lowest BCUT2D eigenvalue weighted by Crippen LogP contribution is -2.39. The van der Waals surface area contributed by atoms with Crippen LogP contribution in [0.5, 0.6) is 0 Å². The van der Waals surface area contributed by atoms with Gasteiger partial charge in [0.05, 0.1) is 13.2 Å². The van der Waals surface area contributed by atoms with Crippen LogP contribution in [0.3, 0.4) is 0 Å². The summed E-state index contributed by atoms with van der Waals surface area (Å²) < 4.78 is 5.39. The monoisotopic (exact) mass is 334 g/mol. The van der Waals surface area contributed by atoms with Gasteiger partial charge in [0.1, 0.15) is 5.69 Å². The zero-order chi connectivity index (χ0) is 16.9. The van der Waals surface area contributed by atoms with Gasteiger partial charge in [0.2, 0.25) is 0 Å². The third-order valence-electron chi connectivity index (χ3n) is 4.56. The lowest BCUT2D eigenvalue weighted by atomic mass is 10.0. The summed E-state index contributed by atoms with van der Waals surface area (Å²) in [5.74, 6) is 0.851. The first-order valence-electron chi connectivity index (χ1n) is 8.76. The van der Waals surface area contributed by atoms with E-state index in [1.165, 1.54) is 0 Å². The summed E-state index contributed by atoms with van der Waals surface area (Å²) in [4.78, 5) is 2.41. The van der Waals surface area contributed by atoms with Crippen molar-refractivity contribution in [2.24, 2.45) is 0 Å². The van der Waals surface area contributed by atoms with Gasteiger partial charge < -0.3 is 10.1 Å². The topological polar surface area (TPSA) is 50.3 Å². The Bertz CT molecular complexity index is 831. The lowest BCUT2D eigenvalue weighted by Gasteiger charge is -2.26. The second-order valence-electron chi connectivity index (χ2n) is 6.19. The Hall–Kier alpha value is -2.50. The van der Waals surface area contributed by atoms with E-state index in [0.717, 1.165) is 67.2 Å². The van der Waals surface area contributed by atoms with Crippen LogP contribution in [0.4, 0.5) is 5.82 Å². The number of anilines is 1. The van der Waals surface area contributed by atoms with Gasteiger partial charge in [-0.15, -0.1) is 10.2 Å². The highest BCUT2D eigenvalue weighted by molar-refractivity contribution is 5.99. The highest BCUT2D eigenvalue weighted by Gasteiger charge is 2.12. The van der Waals surface area contributed by atoms with Crippen molar-refractivity contribution in [2.45, 2.75) is 0 Å². The van der Waals surface area contributed by atoms with E-state index in [2.05, 4.69) is 44.7 Å². The summed E-state index contributed by atoms with van der Waals surface area (Å²) in [6.07, 6.45) is 0. The third kappa shape index (κ3) is 3.62. The zero-order valence-corrected chi connectivity index (χ0v) is 14.2. The van der Waals surface area contributed by atoms with E-state index < -0.39 is 0 Å². The van der Waals surface area contributed by atoms with Crippen molar-refractivity contribution in [1.29, 1.82) is 0 Å². The fourth-order valence-electron chi connectivity index (χ4n) is 3.20. The van der Waals surface area contributed by atoms with Crippen LogP contribution < -0.4 is 5.32 Å². The predicted octanol–water partition coefficient (Wildman–Crippen LogP) is 3.04. The molecule has 0 atom stereocenters. The predicted molar refractivity (Wildman–Crippen MR) is 101 cm³/mol. The molecule has 1 fully saturated rings. The average Bonchev–Trinajstić information content (AvgIpc) is 2.69. The first-order chi connectivity index (χ1) is 12.4. The summed E-state index contributed by atoms with van der Waals surface area (Å²) in [5.41, 5.74) is 2.01. The summed E-state index contributed by atoms with van der Waals surface area (Å²) >= 11 is 0. The van der Waals surface area contributed by atoms with E-state index in [9.17, 15) is 0 Å². The molecule has 128 valence electrons. The molecule has 0 bridgehead atoms. The highest BCUT2D eigenvalue weighted by atomic mass is 16.5. The zero-order valence-electron chi connectivity index (χ0n) is 14.2. The second-order valence-corrected chi connectivity index (χ2v) is 6.19. The van der Waals surface area contributed by atoms with E-state index in [0.29, 0.717) is 0 Å². The Morgan fingerprint density at radius 2 is 1.60 bits per heavy atom. The smallest absolute Gasteiger partial charge is 0.156 e. The van der Waals surface area contributed by atoms with Gasteiger partial charge in [-0.05, 0) is 0 Å². The minimum Gasteiger partial charge on any atom is -0.379 e. The van der Waals surface area contributed by atoms with E-state index in [1.807, 2.05) is 30.3 Å². The van der Waals surface area contributed by atoms with Gasteiger partial charge >= 0.3 is 0 Å². The number of hydrogen-bond donors (Lipinski definition) is 1. The molecule has 1 saturated heterocycles. The van der Waals surface area contributed by atoms with E-state index in [4.69, 9.17) is 4.74 Å². The van der Waals surface area contributed by atoms with Gasteiger partial charge in [-0.2, -0.15) is 0 Å². The van der Waals surface area contributed by atoms with Crippen molar-refractivity contribution in [1.82, 2.24) is 15.1 Å². The minimum atomic E-state index is 0.828. The van der Waals surface area contributed by atoms with Gasteiger partial charge in [0, 0.05) is 42.5 Å². The first kappa shape index (κ1) is 16.0. The number of nitrogens with one attached hydrogen (secondary N) is 1. The fourth-order valence-corrected chi connectivity index (χ4v) is 3.20. The normalized spacial score (nSPS) is 15.4. The third-order valence-corrected chi connectivity index (χ3v) is 4.56. The Morgan fingerprint density at radius 3 is 2.40 bits per heavy atom. The van der Waals surface area contributed by atoms with E-state index >= 15 is 0 Å². The minimum absolute atomic E-state index is 0.828. The molecule has 0 unspecified atom stereocenters. The molecule has 2 heterocycles. The number of morpholine rings is 1. The largest absolute Gasteiger partial charge is 0.379 e. The van der Waals surface area contributed by atoms with E-state index in [1.54, 1.807) is 0 Å². The van der Waals surface area contributed by atoms with Crippen LogP contribution in [0.2, 0.25) is 0 Å². The number of fused-ring (bicyclic) bond motifs is 1. The average molecular weight is 334 g/mol. The molecule has 3 aromatic rings. The molecule has 0 saturated carbocycles. The van der Waals surface area contributed by atoms with Crippen molar-refractivity contribution >= 4 is 16.6 Å². The standard InChI is InChI=1S/C20H22N4O/c1-2-6-16(7-3-1)19-17-8-4-5-9-18(17)20(23-22-19)21-10-11-24-12-14-25-15-13-24/h1-9H,10-15H2,(H,21,23). The number of hydrogen-bond acceptors (Lipinski definition) is 5. The van der Waals surface area contributed by atoms with Gasteiger partial charge in [0.15, 0.2) is 5.82 Å². The van der Waals surface area contributed by atoms with E-state index in [-0.39, 0.29) is 0 Å². The number of benzene rings is 2. The maximum absolute atomic E-state index is 5.39. The first-order valence-corrected chi connectivity index (χ1v) is 8.76. The number of ether oxygens (including phenoxy) is 1. The van der Waals surface area contributed by atoms with Crippen molar-refractivity contribution in [3.05, 3.63) is 54.6 Å². The summed E-state index contributed by atoms with van der Waals surface area (Å²) in [6, 6.07) is 18.5. The molecule has 0 amide bonds. The number of nitrogens with zero attached hydrogens (tertiary/aromatic N) is 3. The molecule has 5 nitrogen and oxygen atoms in total. The van der Waals surface area contributed by atoms with Crippen molar-refractivity contribution in [3.63, 3.8) is 0 Å². The molecule has 0 spiro atoms. The van der Waals surface area contributed by atoms with Crippen LogP contribution in [0.1, 0.15) is 0 Å². The lowest BCUT2D eigenvalue weighted by molar-refractivity contribution is 0.0398. The molecule has 1 aliphatic rings. The fraction of sp³-hybridized carbons (Fsp3) is 0.300. The Balaban J connectivity index is 1.56. The summed E-state index contributed by atoms with van der Waals surface area (Å²) in [7, 11) is 0. The Morgan fingerprint density at radius 1 is 0.880 bits per heavy atom. The quantitative estimate of drug-likeness (QED) is 0.777. The Kier molecular flexibility index (Phi) is 4.86.